The molecule has 0 aliphatic heterocycles. The normalized spacial score (nSPS) is 13.9. The number of nitrogens with two attached hydrogens (primary N) is 1. The molecule has 2 atom stereocenters. The fraction of sp³-hybridized carbons (Fsp3) is 0.500. The Morgan fingerprint density at radius 1 is 1.39 bits per heavy atom. The fourth-order valence-corrected chi connectivity index (χ4v) is 1.78. The van der Waals surface area contributed by atoms with Crippen molar-refractivity contribution < 1.29 is 9.90 Å². The van der Waals surface area contributed by atoms with Gasteiger partial charge in [-0.1, -0.05) is 30.3 Å². The molecule has 0 bridgehead atoms. The average molecular weight is 250 g/mol. The Morgan fingerprint density at radius 2 is 2.06 bits per heavy atom. The Labute approximate surface area is 108 Å². The summed E-state index contributed by atoms with van der Waals surface area (Å²) < 4.78 is 0. The predicted molar refractivity (Wildman–Crippen MR) is 72.0 cm³/mol. The zero-order chi connectivity index (χ0) is 13.4. The van der Waals surface area contributed by atoms with E-state index in [9.17, 15) is 4.79 Å². The van der Waals surface area contributed by atoms with Crippen molar-refractivity contribution in [1.82, 2.24) is 5.32 Å². The van der Waals surface area contributed by atoms with Crippen molar-refractivity contribution >= 4 is 5.91 Å². The van der Waals surface area contributed by atoms with Gasteiger partial charge in [0.05, 0.1) is 6.04 Å². The number of aliphatic hydroxyl groups excluding tert-OH is 1. The molecule has 0 spiro atoms. The maximum atomic E-state index is 11.8. The van der Waals surface area contributed by atoms with Crippen LogP contribution in [0, 0.1) is 0 Å². The van der Waals surface area contributed by atoms with Crippen LogP contribution in [0.2, 0.25) is 0 Å². The zero-order valence-electron chi connectivity index (χ0n) is 10.8. The largest absolute Gasteiger partial charge is 0.396 e. The molecule has 0 fully saturated rings. The number of hydrogen-bond acceptors (Lipinski definition) is 3. The second kappa shape index (κ2) is 7.84. The first kappa shape index (κ1) is 14.7. The van der Waals surface area contributed by atoms with Crippen LogP contribution in [-0.4, -0.2) is 29.7 Å². The van der Waals surface area contributed by atoms with E-state index in [0.29, 0.717) is 12.8 Å². The second-order valence-corrected chi connectivity index (χ2v) is 4.57. The number of nitrogens with one attached hydrogen (secondary N) is 1. The van der Waals surface area contributed by atoms with E-state index >= 15 is 0 Å². The van der Waals surface area contributed by atoms with Gasteiger partial charge in [-0.3, -0.25) is 4.79 Å². The summed E-state index contributed by atoms with van der Waals surface area (Å²) in [4.78, 5) is 11.8. The number of benzene rings is 1. The summed E-state index contributed by atoms with van der Waals surface area (Å²) in [6.45, 7) is 2.07. The third-order valence-electron chi connectivity index (χ3n) is 2.82. The van der Waals surface area contributed by atoms with Gasteiger partial charge in [-0.25, -0.2) is 0 Å². The molecule has 4 heteroatoms. The average Bonchev–Trinajstić information content (AvgIpc) is 2.37. The summed E-state index contributed by atoms with van der Waals surface area (Å²) in [6.07, 6.45) is 2.00. The second-order valence-electron chi connectivity index (χ2n) is 4.57. The molecule has 1 rings (SSSR count). The van der Waals surface area contributed by atoms with Crippen molar-refractivity contribution in [2.75, 3.05) is 6.61 Å². The highest BCUT2D eigenvalue weighted by atomic mass is 16.3. The van der Waals surface area contributed by atoms with E-state index in [0.717, 1.165) is 12.0 Å². The third-order valence-corrected chi connectivity index (χ3v) is 2.82. The lowest BCUT2D eigenvalue weighted by Gasteiger charge is -2.17. The molecular weight excluding hydrogens is 228 g/mol. The summed E-state index contributed by atoms with van der Waals surface area (Å²) >= 11 is 0. The monoisotopic (exact) mass is 250 g/mol. The number of hydrogen-bond donors (Lipinski definition) is 3. The summed E-state index contributed by atoms with van der Waals surface area (Å²) in [6, 6.07) is 9.25. The Balaban J connectivity index is 2.37. The van der Waals surface area contributed by atoms with E-state index in [4.69, 9.17) is 10.8 Å². The summed E-state index contributed by atoms with van der Waals surface area (Å²) in [5, 5.41) is 11.6. The Bertz CT molecular complexity index is 354. The highest BCUT2D eigenvalue weighted by molar-refractivity contribution is 5.82. The van der Waals surface area contributed by atoms with Gasteiger partial charge in [-0.05, 0) is 31.7 Å². The van der Waals surface area contributed by atoms with Crippen LogP contribution >= 0.6 is 0 Å². The molecular formula is C14H22N2O2. The van der Waals surface area contributed by atoms with E-state index in [2.05, 4.69) is 5.32 Å². The number of aliphatic hydroxyl groups is 1. The van der Waals surface area contributed by atoms with Gasteiger partial charge in [0.2, 0.25) is 5.91 Å². The standard InChI is InChI=1S/C14H22N2O2/c1-11(6-5-9-17)16-14(18)13(15)10-12-7-3-2-4-8-12/h2-4,7-8,11,13,17H,5-6,9-10,15H2,1H3,(H,16,18)/t11?,13-/m1/s1. The molecule has 100 valence electrons. The smallest absolute Gasteiger partial charge is 0.237 e. The Morgan fingerprint density at radius 3 is 2.67 bits per heavy atom. The van der Waals surface area contributed by atoms with Gasteiger partial charge in [0.25, 0.3) is 0 Å². The lowest BCUT2D eigenvalue weighted by atomic mass is 10.1. The lowest BCUT2D eigenvalue weighted by Crippen LogP contribution is -2.45. The van der Waals surface area contributed by atoms with Crippen LogP contribution in [-0.2, 0) is 11.2 Å². The SMILES string of the molecule is CC(CCCO)NC(=O)[C@H](N)Cc1ccccc1. The Hall–Kier alpha value is -1.39. The first-order chi connectivity index (χ1) is 8.63. The van der Waals surface area contributed by atoms with Crippen molar-refractivity contribution in [3.8, 4) is 0 Å². The quantitative estimate of drug-likeness (QED) is 0.671. The van der Waals surface area contributed by atoms with Crippen LogP contribution in [0.3, 0.4) is 0 Å². The maximum Gasteiger partial charge on any atom is 0.237 e. The van der Waals surface area contributed by atoms with Crippen LogP contribution in [0.1, 0.15) is 25.3 Å². The van der Waals surface area contributed by atoms with E-state index in [1.807, 2.05) is 37.3 Å². The van der Waals surface area contributed by atoms with Crippen molar-refractivity contribution in [1.29, 1.82) is 0 Å². The van der Waals surface area contributed by atoms with Crippen LogP contribution in [0.15, 0.2) is 30.3 Å². The first-order valence-electron chi connectivity index (χ1n) is 6.34. The number of amides is 1. The molecule has 18 heavy (non-hydrogen) atoms. The molecule has 1 aromatic carbocycles. The van der Waals surface area contributed by atoms with E-state index in [1.54, 1.807) is 0 Å². The topological polar surface area (TPSA) is 75.3 Å². The van der Waals surface area contributed by atoms with Crippen LogP contribution in [0.25, 0.3) is 0 Å². The molecule has 1 unspecified atom stereocenters. The van der Waals surface area contributed by atoms with Gasteiger partial charge < -0.3 is 16.2 Å². The van der Waals surface area contributed by atoms with Crippen LogP contribution in [0.4, 0.5) is 0 Å². The Kier molecular flexibility index (Phi) is 6.39. The zero-order valence-corrected chi connectivity index (χ0v) is 10.8. The predicted octanol–water partition coefficient (Wildman–Crippen LogP) is 0.834. The van der Waals surface area contributed by atoms with Gasteiger partial charge in [-0.15, -0.1) is 0 Å². The van der Waals surface area contributed by atoms with Crippen LogP contribution in [0.5, 0.6) is 0 Å². The summed E-state index contributed by atoms with van der Waals surface area (Å²) in [5.41, 5.74) is 6.92. The van der Waals surface area contributed by atoms with E-state index in [1.165, 1.54) is 0 Å². The summed E-state index contributed by atoms with van der Waals surface area (Å²) in [7, 11) is 0. The fourth-order valence-electron chi connectivity index (χ4n) is 1.78. The van der Waals surface area contributed by atoms with Gasteiger partial charge in [0.1, 0.15) is 0 Å². The first-order valence-corrected chi connectivity index (χ1v) is 6.34. The van der Waals surface area contributed by atoms with Gasteiger partial charge in [0, 0.05) is 12.6 Å². The van der Waals surface area contributed by atoms with E-state index < -0.39 is 6.04 Å². The van der Waals surface area contributed by atoms with Gasteiger partial charge in [0.15, 0.2) is 0 Å². The molecule has 0 saturated heterocycles. The molecule has 0 radical (unpaired) electrons. The summed E-state index contributed by atoms with van der Waals surface area (Å²) in [5.74, 6) is -0.135. The molecule has 4 nitrogen and oxygen atoms in total. The molecule has 4 N–H and O–H groups in total. The molecule has 0 heterocycles. The van der Waals surface area contributed by atoms with E-state index in [-0.39, 0.29) is 18.6 Å². The maximum absolute atomic E-state index is 11.8. The van der Waals surface area contributed by atoms with Gasteiger partial charge >= 0.3 is 0 Å². The molecule has 0 aliphatic rings. The lowest BCUT2D eigenvalue weighted by molar-refractivity contribution is -0.123. The van der Waals surface area contributed by atoms with Gasteiger partial charge in [-0.2, -0.15) is 0 Å². The minimum Gasteiger partial charge on any atom is -0.396 e. The van der Waals surface area contributed by atoms with Crippen molar-refractivity contribution in [3.63, 3.8) is 0 Å². The molecule has 1 amide bonds. The van der Waals surface area contributed by atoms with Crippen molar-refractivity contribution in [3.05, 3.63) is 35.9 Å². The molecule has 0 aromatic heterocycles. The highest BCUT2D eigenvalue weighted by Crippen LogP contribution is 2.03. The van der Waals surface area contributed by atoms with Crippen LogP contribution < -0.4 is 11.1 Å². The van der Waals surface area contributed by atoms with Crippen molar-refractivity contribution in [2.45, 2.75) is 38.3 Å². The minimum atomic E-state index is -0.524. The molecule has 1 aromatic rings. The van der Waals surface area contributed by atoms with Crippen molar-refractivity contribution in [2.24, 2.45) is 5.73 Å². The number of rotatable bonds is 7. The number of carbonyl (C=O) groups is 1. The third kappa shape index (κ3) is 5.29. The molecule has 0 aliphatic carbocycles. The minimum absolute atomic E-state index is 0.0477. The highest BCUT2D eigenvalue weighted by Gasteiger charge is 2.15. The number of carbonyl (C=O) groups excluding carboxylic acids is 1. The molecule has 0 saturated carbocycles.